The molecule has 8 heteroatoms. The zero-order chi connectivity index (χ0) is 15.6. The smallest absolute Gasteiger partial charge is 0.275 e. The zero-order valence-electron chi connectivity index (χ0n) is 11.2. The van der Waals surface area contributed by atoms with Crippen LogP contribution in [0.1, 0.15) is 22.3 Å². The van der Waals surface area contributed by atoms with Crippen molar-refractivity contribution in [2.45, 2.75) is 13.8 Å². The molecule has 0 atom stereocenters. The molecular formula is C13H11Cl2N3O2S. The number of hydrogen-bond donors (Lipinski definition) is 2. The number of rotatable bonds is 3. The van der Waals surface area contributed by atoms with Crippen LogP contribution in [-0.4, -0.2) is 16.8 Å². The molecule has 0 fully saturated rings. The van der Waals surface area contributed by atoms with Crippen molar-refractivity contribution in [3.05, 3.63) is 38.3 Å². The van der Waals surface area contributed by atoms with E-state index >= 15 is 0 Å². The van der Waals surface area contributed by atoms with Crippen LogP contribution in [0.15, 0.2) is 18.2 Å². The van der Waals surface area contributed by atoms with Gasteiger partial charge in [-0.1, -0.05) is 23.2 Å². The van der Waals surface area contributed by atoms with Crippen LogP contribution < -0.4 is 10.6 Å². The first-order valence-electron chi connectivity index (χ1n) is 5.88. The Morgan fingerprint density at radius 2 is 1.95 bits per heavy atom. The molecule has 1 aromatic heterocycles. The summed E-state index contributed by atoms with van der Waals surface area (Å²) in [7, 11) is 0. The first kappa shape index (κ1) is 15.8. The van der Waals surface area contributed by atoms with E-state index in [4.69, 9.17) is 23.2 Å². The molecule has 0 bridgehead atoms. The second-order valence-corrected chi connectivity index (χ2v) is 6.39. The number of hydrogen-bond acceptors (Lipinski definition) is 4. The second-order valence-electron chi connectivity index (χ2n) is 4.20. The van der Waals surface area contributed by atoms with E-state index in [1.54, 1.807) is 25.1 Å². The van der Waals surface area contributed by atoms with Crippen LogP contribution in [0.4, 0.5) is 11.4 Å². The van der Waals surface area contributed by atoms with Crippen molar-refractivity contribution >= 4 is 57.7 Å². The highest BCUT2D eigenvalue weighted by molar-refractivity contribution is 7.15. The van der Waals surface area contributed by atoms with Crippen molar-refractivity contribution in [2.75, 3.05) is 10.6 Å². The lowest BCUT2D eigenvalue weighted by Crippen LogP contribution is -2.14. The number of nitrogens with one attached hydrogen (secondary N) is 2. The SMILES string of the molecule is CC(=O)Nc1ccc(Cl)c(NC(=O)c2nc(Cl)sc2C)c1. The van der Waals surface area contributed by atoms with Gasteiger partial charge in [0.05, 0.1) is 10.7 Å². The molecule has 0 saturated heterocycles. The quantitative estimate of drug-likeness (QED) is 0.885. The molecule has 2 amide bonds. The van der Waals surface area contributed by atoms with Gasteiger partial charge in [-0.25, -0.2) is 4.98 Å². The highest BCUT2D eigenvalue weighted by Gasteiger charge is 2.16. The number of aryl methyl sites for hydroxylation is 1. The maximum Gasteiger partial charge on any atom is 0.275 e. The Morgan fingerprint density at radius 3 is 2.52 bits per heavy atom. The molecule has 0 radical (unpaired) electrons. The fourth-order valence-corrected chi connectivity index (χ4v) is 2.88. The fourth-order valence-electron chi connectivity index (χ4n) is 1.66. The maximum absolute atomic E-state index is 12.2. The topological polar surface area (TPSA) is 71.1 Å². The summed E-state index contributed by atoms with van der Waals surface area (Å²) in [5, 5.41) is 5.63. The Kier molecular flexibility index (Phi) is 4.82. The summed E-state index contributed by atoms with van der Waals surface area (Å²) in [6.07, 6.45) is 0. The Balaban J connectivity index is 2.24. The Morgan fingerprint density at radius 1 is 1.24 bits per heavy atom. The van der Waals surface area contributed by atoms with Gasteiger partial charge in [-0.2, -0.15) is 0 Å². The number of halogens is 2. The van der Waals surface area contributed by atoms with Crippen LogP contribution in [0.3, 0.4) is 0 Å². The third-order valence-corrected chi connectivity index (χ3v) is 3.93. The minimum atomic E-state index is -0.405. The molecule has 21 heavy (non-hydrogen) atoms. The van der Waals surface area contributed by atoms with E-state index in [1.807, 2.05) is 0 Å². The number of thiazole rings is 1. The van der Waals surface area contributed by atoms with E-state index in [2.05, 4.69) is 15.6 Å². The molecule has 0 aliphatic heterocycles. The summed E-state index contributed by atoms with van der Waals surface area (Å²) in [5.74, 6) is -0.616. The summed E-state index contributed by atoms with van der Waals surface area (Å²) in [6.45, 7) is 3.15. The molecule has 1 aromatic carbocycles. The largest absolute Gasteiger partial charge is 0.326 e. The number of nitrogens with zero attached hydrogens (tertiary/aromatic N) is 1. The van der Waals surface area contributed by atoms with Crippen molar-refractivity contribution < 1.29 is 9.59 Å². The molecular weight excluding hydrogens is 333 g/mol. The third kappa shape index (κ3) is 3.93. The van der Waals surface area contributed by atoms with Gasteiger partial charge in [-0.3, -0.25) is 9.59 Å². The molecule has 0 saturated carbocycles. The third-order valence-electron chi connectivity index (χ3n) is 2.52. The molecule has 1 heterocycles. The fraction of sp³-hybridized carbons (Fsp3) is 0.154. The van der Waals surface area contributed by atoms with Crippen LogP contribution in [-0.2, 0) is 4.79 Å². The van der Waals surface area contributed by atoms with Crippen molar-refractivity contribution in [1.29, 1.82) is 0 Å². The Labute approximate surface area is 135 Å². The Bertz CT molecular complexity index is 715. The lowest BCUT2D eigenvalue weighted by Gasteiger charge is -2.09. The van der Waals surface area contributed by atoms with E-state index in [0.717, 1.165) is 0 Å². The lowest BCUT2D eigenvalue weighted by atomic mass is 10.2. The van der Waals surface area contributed by atoms with Gasteiger partial charge in [0.15, 0.2) is 4.47 Å². The van der Waals surface area contributed by atoms with E-state index in [9.17, 15) is 9.59 Å². The number of aromatic nitrogens is 1. The van der Waals surface area contributed by atoms with Crippen LogP contribution in [0.25, 0.3) is 0 Å². The van der Waals surface area contributed by atoms with Crippen molar-refractivity contribution in [3.63, 3.8) is 0 Å². The monoisotopic (exact) mass is 343 g/mol. The Hall–Kier alpha value is -1.63. The maximum atomic E-state index is 12.2. The van der Waals surface area contributed by atoms with Gasteiger partial charge in [0, 0.05) is 17.5 Å². The van der Waals surface area contributed by atoms with Gasteiger partial charge < -0.3 is 10.6 Å². The summed E-state index contributed by atoms with van der Waals surface area (Å²) in [4.78, 5) is 27.9. The number of anilines is 2. The lowest BCUT2D eigenvalue weighted by molar-refractivity contribution is -0.114. The first-order chi connectivity index (χ1) is 9.86. The van der Waals surface area contributed by atoms with Crippen LogP contribution >= 0.6 is 34.5 Å². The van der Waals surface area contributed by atoms with E-state index in [1.165, 1.54) is 18.3 Å². The molecule has 2 N–H and O–H groups in total. The number of benzene rings is 1. The first-order valence-corrected chi connectivity index (χ1v) is 7.45. The number of carbonyl (C=O) groups excluding carboxylic acids is 2. The predicted octanol–water partition coefficient (Wildman–Crippen LogP) is 3.97. The summed E-state index contributed by atoms with van der Waals surface area (Å²) in [5.41, 5.74) is 1.18. The number of amides is 2. The van der Waals surface area contributed by atoms with E-state index < -0.39 is 5.91 Å². The summed E-state index contributed by atoms with van der Waals surface area (Å²) < 4.78 is 0.302. The van der Waals surface area contributed by atoms with Gasteiger partial charge in [0.1, 0.15) is 5.69 Å². The standard InChI is InChI=1S/C13H11Cl2N3O2S/c1-6-11(18-13(15)21-6)12(20)17-10-5-8(16-7(2)19)3-4-9(10)14/h3-5H,1-2H3,(H,16,19)(H,17,20). The predicted molar refractivity (Wildman–Crippen MR) is 85.6 cm³/mol. The van der Waals surface area contributed by atoms with Gasteiger partial charge in [0.25, 0.3) is 5.91 Å². The van der Waals surface area contributed by atoms with Gasteiger partial charge in [0.2, 0.25) is 5.91 Å². The molecule has 0 spiro atoms. The van der Waals surface area contributed by atoms with Crippen molar-refractivity contribution in [2.24, 2.45) is 0 Å². The molecule has 110 valence electrons. The molecule has 5 nitrogen and oxygen atoms in total. The van der Waals surface area contributed by atoms with Crippen LogP contribution in [0, 0.1) is 6.92 Å². The molecule has 0 aliphatic carbocycles. The average molecular weight is 344 g/mol. The highest BCUT2D eigenvalue weighted by Crippen LogP contribution is 2.27. The van der Waals surface area contributed by atoms with Crippen LogP contribution in [0.2, 0.25) is 9.49 Å². The van der Waals surface area contributed by atoms with Crippen molar-refractivity contribution in [3.8, 4) is 0 Å². The van der Waals surface area contributed by atoms with Crippen LogP contribution in [0.5, 0.6) is 0 Å². The average Bonchev–Trinajstić information content (AvgIpc) is 2.72. The second kappa shape index (κ2) is 6.43. The summed E-state index contributed by atoms with van der Waals surface area (Å²) in [6, 6.07) is 4.80. The summed E-state index contributed by atoms with van der Waals surface area (Å²) >= 11 is 13.0. The molecule has 0 unspecified atom stereocenters. The number of carbonyl (C=O) groups is 2. The minimum absolute atomic E-state index is 0.211. The molecule has 0 aliphatic rings. The highest BCUT2D eigenvalue weighted by atomic mass is 35.5. The zero-order valence-corrected chi connectivity index (χ0v) is 13.5. The minimum Gasteiger partial charge on any atom is -0.326 e. The van der Waals surface area contributed by atoms with Gasteiger partial charge >= 0.3 is 0 Å². The van der Waals surface area contributed by atoms with Gasteiger partial charge in [-0.15, -0.1) is 11.3 Å². The molecule has 2 aromatic rings. The van der Waals surface area contributed by atoms with Crippen molar-refractivity contribution in [1.82, 2.24) is 4.98 Å². The normalized spacial score (nSPS) is 10.3. The van der Waals surface area contributed by atoms with E-state index in [0.29, 0.717) is 25.7 Å². The van der Waals surface area contributed by atoms with Gasteiger partial charge in [-0.05, 0) is 25.1 Å². The molecule has 2 rings (SSSR count). The van der Waals surface area contributed by atoms with E-state index in [-0.39, 0.29) is 11.6 Å².